The molecule has 6 heteroatoms. The number of rotatable bonds is 3. The first kappa shape index (κ1) is 11.2. The summed E-state index contributed by atoms with van der Waals surface area (Å²) < 4.78 is 4.76. The molecular weight excluding hydrogens is 250 g/mol. The molecule has 0 aliphatic heterocycles. The van der Waals surface area contributed by atoms with Gasteiger partial charge in [0.15, 0.2) is 0 Å². The summed E-state index contributed by atoms with van der Waals surface area (Å²) in [5.74, 6) is 0.639. The molecule has 3 heterocycles. The first-order valence-corrected chi connectivity index (χ1v) is 6.48. The standard InChI is InChI=1S/C12H11N3O2S/c1-2-8-4-9-11(16)14-10(15-12(9)18-8)3-7-5-13-17-6-7/h4-6H,2-3H2,1H3,(H,14,15,16). The minimum Gasteiger partial charge on any atom is -0.364 e. The number of fused-ring (bicyclic) bond motifs is 1. The second-order valence-corrected chi connectivity index (χ2v) is 5.12. The van der Waals surface area contributed by atoms with Crippen molar-refractivity contribution >= 4 is 21.6 Å². The highest BCUT2D eigenvalue weighted by Gasteiger charge is 2.09. The molecule has 0 saturated heterocycles. The summed E-state index contributed by atoms with van der Waals surface area (Å²) >= 11 is 1.57. The predicted octanol–water partition coefficient (Wildman–Crippen LogP) is 2.13. The molecule has 0 amide bonds. The third kappa shape index (κ3) is 1.95. The number of nitrogens with one attached hydrogen (secondary N) is 1. The quantitative estimate of drug-likeness (QED) is 0.784. The Bertz CT molecular complexity index is 727. The van der Waals surface area contributed by atoms with Gasteiger partial charge in [0.1, 0.15) is 16.9 Å². The monoisotopic (exact) mass is 261 g/mol. The highest BCUT2D eigenvalue weighted by atomic mass is 32.1. The van der Waals surface area contributed by atoms with Gasteiger partial charge in [0.2, 0.25) is 0 Å². The molecule has 0 bridgehead atoms. The van der Waals surface area contributed by atoms with Crippen LogP contribution in [0.1, 0.15) is 23.2 Å². The van der Waals surface area contributed by atoms with Gasteiger partial charge >= 0.3 is 0 Å². The van der Waals surface area contributed by atoms with Gasteiger partial charge in [-0.3, -0.25) is 4.79 Å². The summed E-state index contributed by atoms with van der Waals surface area (Å²) in [7, 11) is 0. The highest BCUT2D eigenvalue weighted by molar-refractivity contribution is 7.18. The van der Waals surface area contributed by atoms with Crippen molar-refractivity contribution in [3.8, 4) is 0 Å². The van der Waals surface area contributed by atoms with Crippen molar-refractivity contribution in [2.45, 2.75) is 19.8 Å². The minimum absolute atomic E-state index is 0.0811. The van der Waals surface area contributed by atoms with E-state index in [1.807, 2.05) is 6.07 Å². The van der Waals surface area contributed by atoms with Gasteiger partial charge in [0, 0.05) is 16.9 Å². The van der Waals surface area contributed by atoms with Crippen molar-refractivity contribution < 1.29 is 4.52 Å². The Balaban J connectivity index is 2.06. The largest absolute Gasteiger partial charge is 0.364 e. The van der Waals surface area contributed by atoms with Gasteiger partial charge in [0.25, 0.3) is 5.56 Å². The second kappa shape index (κ2) is 4.38. The van der Waals surface area contributed by atoms with E-state index in [0.29, 0.717) is 17.6 Å². The van der Waals surface area contributed by atoms with Gasteiger partial charge in [-0.25, -0.2) is 4.98 Å². The van der Waals surface area contributed by atoms with Gasteiger partial charge in [-0.1, -0.05) is 12.1 Å². The Morgan fingerprint density at radius 3 is 3.11 bits per heavy atom. The molecule has 0 fully saturated rings. The number of aromatic nitrogens is 3. The number of aromatic amines is 1. The van der Waals surface area contributed by atoms with Gasteiger partial charge < -0.3 is 9.51 Å². The van der Waals surface area contributed by atoms with Crippen molar-refractivity contribution in [3.05, 3.63) is 45.1 Å². The van der Waals surface area contributed by atoms with E-state index in [1.165, 1.54) is 4.88 Å². The summed E-state index contributed by atoms with van der Waals surface area (Å²) in [4.78, 5) is 21.2. The molecule has 0 atom stereocenters. The summed E-state index contributed by atoms with van der Waals surface area (Å²) in [6.45, 7) is 2.07. The van der Waals surface area contributed by atoms with Crippen molar-refractivity contribution in [1.29, 1.82) is 0 Å². The Morgan fingerprint density at radius 1 is 1.50 bits per heavy atom. The molecule has 18 heavy (non-hydrogen) atoms. The first-order chi connectivity index (χ1) is 8.76. The number of aryl methyl sites for hydroxylation is 1. The average molecular weight is 261 g/mol. The number of nitrogens with zero attached hydrogens (tertiary/aromatic N) is 2. The van der Waals surface area contributed by atoms with E-state index in [-0.39, 0.29) is 5.56 Å². The molecule has 0 aliphatic rings. The van der Waals surface area contributed by atoms with Crippen LogP contribution in [0, 0.1) is 0 Å². The van der Waals surface area contributed by atoms with Crippen LogP contribution in [0.3, 0.4) is 0 Å². The zero-order valence-electron chi connectivity index (χ0n) is 9.77. The third-order valence-corrected chi connectivity index (χ3v) is 3.88. The van der Waals surface area contributed by atoms with Crippen molar-refractivity contribution in [1.82, 2.24) is 15.1 Å². The summed E-state index contributed by atoms with van der Waals surface area (Å²) in [6.07, 6.45) is 4.61. The van der Waals surface area contributed by atoms with Crippen LogP contribution < -0.4 is 5.56 Å². The van der Waals surface area contributed by atoms with Crippen LogP contribution in [0.25, 0.3) is 10.2 Å². The van der Waals surface area contributed by atoms with E-state index in [0.717, 1.165) is 16.8 Å². The van der Waals surface area contributed by atoms with E-state index < -0.39 is 0 Å². The van der Waals surface area contributed by atoms with Crippen LogP contribution in [0.4, 0.5) is 0 Å². The van der Waals surface area contributed by atoms with Crippen LogP contribution >= 0.6 is 11.3 Å². The highest BCUT2D eigenvalue weighted by Crippen LogP contribution is 2.21. The van der Waals surface area contributed by atoms with Crippen LogP contribution in [-0.2, 0) is 12.8 Å². The van der Waals surface area contributed by atoms with E-state index >= 15 is 0 Å². The molecule has 0 aromatic carbocycles. The SMILES string of the molecule is CCc1cc2c(=O)[nH]c(Cc3cnoc3)nc2s1. The summed E-state index contributed by atoms with van der Waals surface area (Å²) in [6, 6.07) is 1.91. The lowest BCUT2D eigenvalue weighted by molar-refractivity contribution is 0.419. The van der Waals surface area contributed by atoms with Gasteiger partial charge in [-0.05, 0) is 12.5 Å². The molecule has 0 unspecified atom stereocenters. The van der Waals surface area contributed by atoms with Crippen LogP contribution in [0.2, 0.25) is 0 Å². The normalized spacial score (nSPS) is 11.2. The molecule has 0 saturated carbocycles. The predicted molar refractivity (Wildman–Crippen MR) is 68.9 cm³/mol. The van der Waals surface area contributed by atoms with Crippen molar-refractivity contribution in [2.75, 3.05) is 0 Å². The topological polar surface area (TPSA) is 71.8 Å². The van der Waals surface area contributed by atoms with E-state index in [9.17, 15) is 4.79 Å². The van der Waals surface area contributed by atoms with Gasteiger partial charge in [-0.2, -0.15) is 0 Å². The maximum atomic E-state index is 11.9. The Morgan fingerprint density at radius 2 is 2.39 bits per heavy atom. The van der Waals surface area contributed by atoms with E-state index in [2.05, 4.69) is 22.0 Å². The molecule has 5 nitrogen and oxygen atoms in total. The van der Waals surface area contributed by atoms with E-state index in [4.69, 9.17) is 4.52 Å². The van der Waals surface area contributed by atoms with Crippen LogP contribution in [0.5, 0.6) is 0 Å². The fourth-order valence-electron chi connectivity index (χ4n) is 1.79. The zero-order valence-corrected chi connectivity index (χ0v) is 10.6. The maximum Gasteiger partial charge on any atom is 0.259 e. The minimum atomic E-state index is -0.0811. The first-order valence-electron chi connectivity index (χ1n) is 5.66. The van der Waals surface area contributed by atoms with Gasteiger partial charge in [-0.15, -0.1) is 11.3 Å². The molecule has 3 aromatic rings. The fourth-order valence-corrected chi connectivity index (χ4v) is 2.78. The number of H-pyrrole nitrogens is 1. The summed E-state index contributed by atoms with van der Waals surface area (Å²) in [5, 5.41) is 4.30. The molecule has 92 valence electrons. The zero-order chi connectivity index (χ0) is 12.5. The second-order valence-electron chi connectivity index (χ2n) is 4.01. The Kier molecular flexibility index (Phi) is 2.71. The molecular formula is C12H11N3O2S. The fraction of sp³-hybridized carbons (Fsp3) is 0.250. The Hall–Kier alpha value is -1.95. The molecule has 3 aromatic heterocycles. The van der Waals surface area contributed by atoms with Crippen molar-refractivity contribution in [2.24, 2.45) is 0 Å². The van der Waals surface area contributed by atoms with Crippen LogP contribution in [-0.4, -0.2) is 15.1 Å². The molecule has 0 radical (unpaired) electrons. The Labute approximate surface area is 106 Å². The smallest absolute Gasteiger partial charge is 0.259 e. The number of hydrogen-bond acceptors (Lipinski definition) is 5. The van der Waals surface area contributed by atoms with Crippen molar-refractivity contribution in [3.63, 3.8) is 0 Å². The lowest BCUT2D eigenvalue weighted by atomic mass is 10.2. The van der Waals surface area contributed by atoms with E-state index in [1.54, 1.807) is 23.8 Å². The molecule has 0 spiro atoms. The van der Waals surface area contributed by atoms with Gasteiger partial charge in [0.05, 0.1) is 11.6 Å². The molecule has 3 rings (SSSR count). The third-order valence-electron chi connectivity index (χ3n) is 2.71. The lowest BCUT2D eigenvalue weighted by Crippen LogP contribution is -2.10. The molecule has 0 aliphatic carbocycles. The lowest BCUT2D eigenvalue weighted by Gasteiger charge is -1.97. The maximum absolute atomic E-state index is 11.9. The van der Waals surface area contributed by atoms with Crippen LogP contribution in [0.15, 0.2) is 27.8 Å². The molecule has 1 N–H and O–H groups in total. The number of hydrogen-bond donors (Lipinski definition) is 1. The average Bonchev–Trinajstić information content (AvgIpc) is 2.97. The summed E-state index contributed by atoms with van der Waals surface area (Å²) in [5.41, 5.74) is 0.812. The number of thiophene rings is 1.